The van der Waals surface area contributed by atoms with E-state index in [2.05, 4.69) is 102 Å². The van der Waals surface area contributed by atoms with Crippen LogP contribution in [0.5, 0.6) is 0 Å². The molecule has 8 rings (SSSR count). The Kier molecular flexibility index (Phi) is 6.51. The SMILES string of the molecule is Nc1cc(C2CCCCC2)c2ccc3c(N(c4ccccc4)c4ccccc4)cc(C4CCCCC4)c4ccc1c2c43. The molecule has 2 aliphatic carbocycles. The number of nitrogens with zero attached hydrogens (tertiary/aromatic N) is 1. The fraction of sp³-hybridized carbons (Fsp3) is 0.300. The molecule has 6 aromatic rings. The summed E-state index contributed by atoms with van der Waals surface area (Å²) in [6.07, 6.45) is 13.1. The number of benzene rings is 6. The summed E-state index contributed by atoms with van der Waals surface area (Å²) in [7, 11) is 0. The Labute approximate surface area is 249 Å². The molecule has 0 heterocycles. The van der Waals surface area contributed by atoms with Crippen LogP contribution in [0.1, 0.15) is 87.2 Å². The number of nitrogens with two attached hydrogens (primary N) is 1. The van der Waals surface area contributed by atoms with E-state index in [9.17, 15) is 0 Å². The molecule has 0 aromatic heterocycles. The number of hydrogen-bond acceptors (Lipinski definition) is 2. The number of para-hydroxylation sites is 2. The average molecular weight is 549 g/mol. The molecule has 210 valence electrons. The molecule has 2 heteroatoms. The molecule has 42 heavy (non-hydrogen) atoms. The second kappa shape index (κ2) is 10.7. The van der Waals surface area contributed by atoms with Gasteiger partial charge >= 0.3 is 0 Å². The second-order valence-corrected chi connectivity index (χ2v) is 12.8. The molecule has 0 atom stereocenters. The van der Waals surface area contributed by atoms with Crippen molar-refractivity contribution in [2.45, 2.75) is 76.0 Å². The van der Waals surface area contributed by atoms with E-state index in [1.807, 2.05) is 0 Å². The maximum absolute atomic E-state index is 6.92. The molecule has 0 saturated heterocycles. The molecule has 0 bridgehead atoms. The summed E-state index contributed by atoms with van der Waals surface area (Å²) in [6.45, 7) is 0. The van der Waals surface area contributed by atoms with Gasteiger partial charge in [0.15, 0.2) is 0 Å². The summed E-state index contributed by atoms with van der Waals surface area (Å²) < 4.78 is 0. The second-order valence-electron chi connectivity index (χ2n) is 12.8. The summed E-state index contributed by atoms with van der Waals surface area (Å²) in [6, 6.07) is 36.2. The van der Waals surface area contributed by atoms with Crippen LogP contribution in [0.25, 0.3) is 32.3 Å². The van der Waals surface area contributed by atoms with Crippen molar-refractivity contribution in [1.29, 1.82) is 0 Å². The van der Waals surface area contributed by atoms with Gasteiger partial charge in [0.25, 0.3) is 0 Å². The molecule has 6 aromatic carbocycles. The quantitative estimate of drug-likeness (QED) is 0.171. The van der Waals surface area contributed by atoms with Gasteiger partial charge in [-0.2, -0.15) is 0 Å². The van der Waals surface area contributed by atoms with Crippen LogP contribution in [0.3, 0.4) is 0 Å². The topological polar surface area (TPSA) is 29.3 Å². The van der Waals surface area contributed by atoms with Crippen LogP contribution in [-0.2, 0) is 0 Å². The third-order valence-corrected chi connectivity index (χ3v) is 10.3. The lowest BCUT2D eigenvalue weighted by molar-refractivity contribution is 0.445. The minimum atomic E-state index is 0.589. The van der Waals surface area contributed by atoms with Gasteiger partial charge in [-0.05, 0) is 107 Å². The number of anilines is 4. The molecule has 0 amide bonds. The highest BCUT2D eigenvalue weighted by Gasteiger charge is 2.27. The van der Waals surface area contributed by atoms with Gasteiger partial charge in [0, 0.05) is 27.8 Å². The highest BCUT2D eigenvalue weighted by Crippen LogP contribution is 2.50. The van der Waals surface area contributed by atoms with Crippen LogP contribution < -0.4 is 10.6 Å². The Hall–Kier alpha value is -4.04. The molecule has 2 saturated carbocycles. The van der Waals surface area contributed by atoms with Gasteiger partial charge in [-0.25, -0.2) is 0 Å². The van der Waals surface area contributed by atoms with E-state index in [1.165, 1.54) is 125 Å². The van der Waals surface area contributed by atoms with Gasteiger partial charge in [-0.3, -0.25) is 0 Å². The Morgan fingerprint density at radius 1 is 0.476 bits per heavy atom. The van der Waals surface area contributed by atoms with Crippen molar-refractivity contribution in [2.75, 3.05) is 10.6 Å². The van der Waals surface area contributed by atoms with Gasteiger partial charge in [0.2, 0.25) is 0 Å². The Morgan fingerprint density at radius 3 is 1.48 bits per heavy atom. The van der Waals surface area contributed by atoms with E-state index in [4.69, 9.17) is 5.73 Å². The van der Waals surface area contributed by atoms with Gasteiger partial charge in [0.1, 0.15) is 0 Å². The Morgan fingerprint density at radius 2 is 0.929 bits per heavy atom. The third-order valence-electron chi connectivity index (χ3n) is 10.3. The maximum atomic E-state index is 6.92. The predicted molar refractivity (Wildman–Crippen MR) is 181 cm³/mol. The van der Waals surface area contributed by atoms with Crippen molar-refractivity contribution in [3.63, 3.8) is 0 Å². The van der Waals surface area contributed by atoms with Gasteiger partial charge in [0.05, 0.1) is 5.69 Å². The monoisotopic (exact) mass is 548 g/mol. The van der Waals surface area contributed by atoms with E-state index >= 15 is 0 Å². The Balaban J connectivity index is 1.48. The summed E-state index contributed by atoms with van der Waals surface area (Å²) in [5.74, 6) is 1.19. The zero-order chi connectivity index (χ0) is 28.0. The third kappa shape index (κ3) is 4.23. The van der Waals surface area contributed by atoms with Gasteiger partial charge in [-0.1, -0.05) is 99.2 Å². The van der Waals surface area contributed by atoms with Crippen molar-refractivity contribution < 1.29 is 0 Å². The van der Waals surface area contributed by atoms with E-state index in [0.717, 1.165) is 5.69 Å². The molecule has 2 N–H and O–H groups in total. The first-order valence-corrected chi connectivity index (χ1v) is 16.2. The van der Waals surface area contributed by atoms with Crippen molar-refractivity contribution >= 4 is 55.1 Å². The fourth-order valence-electron chi connectivity index (χ4n) is 8.33. The molecule has 0 spiro atoms. The van der Waals surface area contributed by atoms with Crippen LogP contribution >= 0.6 is 0 Å². The van der Waals surface area contributed by atoms with Crippen LogP contribution in [0.15, 0.2) is 97.1 Å². The molecular formula is C40H40N2. The smallest absolute Gasteiger partial charge is 0.0543 e. The van der Waals surface area contributed by atoms with Gasteiger partial charge < -0.3 is 10.6 Å². The zero-order valence-electron chi connectivity index (χ0n) is 24.5. The minimum Gasteiger partial charge on any atom is -0.398 e. The standard InChI is InChI=1S/C40H40N2/c41-37-25-35(27-13-5-1-6-14-27)31-22-24-34-38(42(29-17-9-3-10-18-29)30-19-11-4-12-20-30)26-36(28-15-7-2-8-16-28)32-21-23-33(37)39(31)40(32)34/h3-4,9-12,17-28H,1-2,5-8,13-16,41H2. The van der Waals surface area contributed by atoms with Crippen LogP contribution in [0.4, 0.5) is 22.7 Å². The van der Waals surface area contributed by atoms with Crippen molar-refractivity contribution in [3.8, 4) is 0 Å². The van der Waals surface area contributed by atoms with Crippen LogP contribution in [0, 0.1) is 0 Å². The highest BCUT2D eigenvalue weighted by atomic mass is 15.1. The van der Waals surface area contributed by atoms with Crippen molar-refractivity contribution in [2.24, 2.45) is 0 Å². The van der Waals surface area contributed by atoms with Crippen molar-refractivity contribution in [3.05, 3.63) is 108 Å². The fourth-order valence-corrected chi connectivity index (χ4v) is 8.33. The number of nitrogen functional groups attached to an aromatic ring is 1. The predicted octanol–water partition coefficient (Wildman–Crippen LogP) is 11.7. The molecular weight excluding hydrogens is 508 g/mol. The molecule has 0 radical (unpaired) electrons. The first kappa shape index (κ1) is 25.7. The summed E-state index contributed by atoms with van der Waals surface area (Å²) in [5, 5.41) is 8.16. The average Bonchev–Trinajstić information content (AvgIpc) is 3.06. The van der Waals surface area contributed by atoms with Crippen LogP contribution in [0.2, 0.25) is 0 Å². The van der Waals surface area contributed by atoms with E-state index in [1.54, 1.807) is 0 Å². The zero-order valence-corrected chi connectivity index (χ0v) is 24.5. The van der Waals surface area contributed by atoms with Gasteiger partial charge in [-0.15, -0.1) is 0 Å². The van der Waals surface area contributed by atoms with E-state index in [0.29, 0.717) is 11.8 Å². The van der Waals surface area contributed by atoms with E-state index < -0.39 is 0 Å². The minimum absolute atomic E-state index is 0.589. The lowest BCUT2D eigenvalue weighted by Crippen LogP contribution is -2.13. The summed E-state index contributed by atoms with van der Waals surface area (Å²) in [4.78, 5) is 2.48. The maximum Gasteiger partial charge on any atom is 0.0543 e. The Bertz CT molecular complexity index is 1800. The largest absolute Gasteiger partial charge is 0.398 e. The van der Waals surface area contributed by atoms with Crippen LogP contribution in [-0.4, -0.2) is 0 Å². The molecule has 0 aliphatic heterocycles. The number of hydrogen-bond donors (Lipinski definition) is 1. The lowest BCUT2D eigenvalue weighted by atomic mass is 9.77. The summed E-state index contributed by atoms with van der Waals surface area (Å²) >= 11 is 0. The van der Waals surface area contributed by atoms with Crippen molar-refractivity contribution in [1.82, 2.24) is 0 Å². The molecule has 2 fully saturated rings. The lowest BCUT2D eigenvalue weighted by Gasteiger charge is -2.31. The first-order valence-electron chi connectivity index (χ1n) is 16.2. The highest BCUT2D eigenvalue weighted by molar-refractivity contribution is 6.28. The van der Waals surface area contributed by atoms with E-state index in [-0.39, 0.29) is 0 Å². The molecule has 2 nitrogen and oxygen atoms in total. The normalized spacial score (nSPS) is 17.0. The first-order chi connectivity index (χ1) is 20.8. The molecule has 0 unspecified atom stereocenters. The number of rotatable bonds is 5. The molecule has 2 aliphatic rings. The summed E-state index contributed by atoms with van der Waals surface area (Å²) in [5.41, 5.74) is 14.5.